The van der Waals surface area contributed by atoms with E-state index in [9.17, 15) is 4.79 Å². The molecule has 0 atom stereocenters. The minimum absolute atomic E-state index is 0.0834. The van der Waals surface area contributed by atoms with Gasteiger partial charge < -0.3 is 15.7 Å². The molecule has 3 N–H and O–H groups in total. The monoisotopic (exact) mass is 314 g/mol. The number of nitrogens with zero attached hydrogens (tertiary/aromatic N) is 2. The van der Waals surface area contributed by atoms with Crippen LogP contribution in [0.25, 0.3) is 10.9 Å². The highest BCUT2D eigenvalue weighted by Gasteiger charge is 2.16. The van der Waals surface area contributed by atoms with Crippen LogP contribution in [0.15, 0.2) is 24.4 Å². The summed E-state index contributed by atoms with van der Waals surface area (Å²) >= 11 is 0. The van der Waals surface area contributed by atoms with Gasteiger partial charge in [0, 0.05) is 24.2 Å². The predicted octanol–water partition coefficient (Wildman–Crippen LogP) is 2.10. The molecule has 1 amide bonds. The van der Waals surface area contributed by atoms with Crippen LogP contribution in [-0.2, 0) is 0 Å². The van der Waals surface area contributed by atoms with Gasteiger partial charge in [-0.05, 0) is 18.9 Å². The molecule has 1 heterocycles. The largest absolute Gasteiger partial charge is 0.395 e. The maximum Gasteiger partial charge on any atom is 0.253 e. The molecule has 2 aromatic rings. The lowest BCUT2D eigenvalue weighted by Gasteiger charge is -2.22. The number of nitrogens with one attached hydrogen (secondary N) is 2. The van der Waals surface area contributed by atoms with E-state index in [4.69, 9.17) is 5.11 Å². The van der Waals surface area contributed by atoms with Crippen LogP contribution in [0.2, 0.25) is 0 Å². The van der Waals surface area contributed by atoms with Gasteiger partial charge in [-0.3, -0.25) is 4.79 Å². The Bertz CT molecular complexity index is 683. The minimum Gasteiger partial charge on any atom is -0.395 e. The third-order valence-corrected chi connectivity index (χ3v) is 4.19. The van der Waals surface area contributed by atoms with Gasteiger partial charge in [-0.1, -0.05) is 31.4 Å². The molecule has 1 aliphatic rings. The quantitative estimate of drug-likeness (QED) is 0.786. The number of aliphatic hydroxyl groups excluding tert-OH is 1. The summed E-state index contributed by atoms with van der Waals surface area (Å²) in [5.41, 5.74) is 1.14. The number of carbonyl (C=O) groups excluding carboxylic acids is 1. The number of hydrogen-bond acceptors (Lipinski definition) is 5. The number of para-hydroxylation sites is 1. The van der Waals surface area contributed by atoms with Gasteiger partial charge in [0.15, 0.2) is 0 Å². The fourth-order valence-electron chi connectivity index (χ4n) is 3.00. The first kappa shape index (κ1) is 15.7. The second-order valence-electron chi connectivity index (χ2n) is 5.90. The molecule has 6 heteroatoms. The maximum atomic E-state index is 12.2. The Morgan fingerprint density at radius 2 is 2.09 bits per heavy atom. The van der Waals surface area contributed by atoms with E-state index in [0.717, 1.165) is 18.2 Å². The smallest absolute Gasteiger partial charge is 0.253 e. The summed E-state index contributed by atoms with van der Waals surface area (Å²) in [4.78, 5) is 21.1. The molecule has 0 saturated heterocycles. The van der Waals surface area contributed by atoms with Crippen molar-refractivity contribution in [1.29, 1.82) is 0 Å². The van der Waals surface area contributed by atoms with E-state index in [1.165, 1.54) is 19.3 Å². The molecule has 0 bridgehead atoms. The number of aliphatic hydroxyl groups is 1. The second-order valence-corrected chi connectivity index (χ2v) is 5.90. The Morgan fingerprint density at radius 3 is 2.87 bits per heavy atom. The number of carbonyl (C=O) groups is 1. The van der Waals surface area contributed by atoms with E-state index in [1.807, 2.05) is 12.1 Å². The van der Waals surface area contributed by atoms with Gasteiger partial charge in [-0.2, -0.15) is 0 Å². The molecule has 122 valence electrons. The number of benzene rings is 1. The normalized spacial score (nSPS) is 15.5. The average Bonchev–Trinajstić information content (AvgIpc) is 2.60. The van der Waals surface area contributed by atoms with Gasteiger partial charge in [0.2, 0.25) is 5.95 Å². The number of amides is 1. The average molecular weight is 314 g/mol. The highest BCUT2D eigenvalue weighted by atomic mass is 16.3. The molecule has 1 saturated carbocycles. The van der Waals surface area contributed by atoms with Crippen LogP contribution in [0.5, 0.6) is 0 Å². The van der Waals surface area contributed by atoms with E-state index in [2.05, 4.69) is 20.6 Å². The van der Waals surface area contributed by atoms with Crippen molar-refractivity contribution in [2.75, 3.05) is 18.5 Å². The van der Waals surface area contributed by atoms with Crippen LogP contribution in [0.3, 0.4) is 0 Å². The number of aromatic nitrogens is 2. The van der Waals surface area contributed by atoms with Crippen LogP contribution in [0.1, 0.15) is 42.5 Å². The SMILES string of the molecule is O=C(NCCO)c1cccc2cnc(NC3CCCCC3)nc12. The van der Waals surface area contributed by atoms with Crippen molar-refractivity contribution in [2.24, 2.45) is 0 Å². The molecule has 0 radical (unpaired) electrons. The van der Waals surface area contributed by atoms with E-state index in [0.29, 0.717) is 23.1 Å². The zero-order valence-corrected chi connectivity index (χ0v) is 13.1. The predicted molar refractivity (Wildman–Crippen MR) is 89.5 cm³/mol. The molecule has 6 nitrogen and oxygen atoms in total. The standard InChI is InChI=1S/C17H22N4O2/c22-10-9-18-16(23)14-8-4-5-12-11-19-17(21-15(12)14)20-13-6-2-1-3-7-13/h4-5,8,11,13,22H,1-3,6-7,9-10H2,(H,18,23)(H,19,20,21). The van der Waals surface area contributed by atoms with Crippen molar-refractivity contribution in [3.63, 3.8) is 0 Å². The molecule has 23 heavy (non-hydrogen) atoms. The van der Waals surface area contributed by atoms with Gasteiger partial charge in [0.1, 0.15) is 0 Å². The minimum atomic E-state index is -0.230. The molecule has 0 spiro atoms. The Balaban J connectivity index is 1.86. The topological polar surface area (TPSA) is 87.1 Å². The first-order valence-corrected chi connectivity index (χ1v) is 8.19. The highest BCUT2D eigenvalue weighted by molar-refractivity contribution is 6.05. The Kier molecular flexibility index (Phi) is 5.02. The lowest BCUT2D eigenvalue weighted by Crippen LogP contribution is -2.27. The molecule has 0 aliphatic heterocycles. The van der Waals surface area contributed by atoms with Crippen molar-refractivity contribution >= 4 is 22.8 Å². The number of fused-ring (bicyclic) bond motifs is 1. The Hall–Kier alpha value is -2.21. The van der Waals surface area contributed by atoms with Crippen LogP contribution >= 0.6 is 0 Å². The van der Waals surface area contributed by atoms with Crippen molar-refractivity contribution in [1.82, 2.24) is 15.3 Å². The van der Waals surface area contributed by atoms with Crippen molar-refractivity contribution in [3.8, 4) is 0 Å². The fourth-order valence-corrected chi connectivity index (χ4v) is 3.00. The van der Waals surface area contributed by atoms with Gasteiger partial charge >= 0.3 is 0 Å². The molecule has 0 unspecified atom stereocenters. The fraction of sp³-hybridized carbons (Fsp3) is 0.471. The first-order valence-electron chi connectivity index (χ1n) is 8.19. The highest BCUT2D eigenvalue weighted by Crippen LogP contribution is 2.22. The van der Waals surface area contributed by atoms with Crippen molar-refractivity contribution in [2.45, 2.75) is 38.1 Å². The van der Waals surface area contributed by atoms with Crippen LogP contribution < -0.4 is 10.6 Å². The first-order chi connectivity index (χ1) is 11.3. The molecule has 1 aliphatic carbocycles. The van der Waals surface area contributed by atoms with E-state index >= 15 is 0 Å². The Labute approximate surface area is 135 Å². The summed E-state index contributed by atoms with van der Waals surface area (Å²) in [6.45, 7) is 0.146. The van der Waals surface area contributed by atoms with E-state index in [-0.39, 0.29) is 19.1 Å². The summed E-state index contributed by atoms with van der Waals surface area (Å²) < 4.78 is 0. The second kappa shape index (κ2) is 7.37. The van der Waals surface area contributed by atoms with Crippen LogP contribution in [0, 0.1) is 0 Å². The molecular formula is C17H22N4O2. The lowest BCUT2D eigenvalue weighted by atomic mass is 9.96. The van der Waals surface area contributed by atoms with E-state index in [1.54, 1.807) is 12.3 Å². The third kappa shape index (κ3) is 3.76. The van der Waals surface area contributed by atoms with Crippen LogP contribution in [0.4, 0.5) is 5.95 Å². The number of hydrogen-bond donors (Lipinski definition) is 3. The summed E-state index contributed by atoms with van der Waals surface area (Å²) in [7, 11) is 0. The molecule has 1 fully saturated rings. The summed E-state index contributed by atoms with van der Waals surface area (Å²) in [6, 6.07) is 5.86. The molecule has 1 aromatic heterocycles. The zero-order chi connectivity index (χ0) is 16.1. The van der Waals surface area contributed by atoms with Gasteiger partial charge in [-0.15, -0.1) is 0 Å². The van der Waals surface area contributed by atoms with Crippen LogP contribution in [-0.4, -0.2) is 40.2 Å². The van der Waals surface area contributed by atoms with Gasteiger partial charge in [0.25, 0.3) is 5.91 Å². The molecular weight excluding hydrogens is 292 g/mol. The maximum absolute atomic E-state index is 12.2. The van der Waals surface area contributed by atoms with E-state index < -0.39 is 0 Å². The zero-order valence-electron chi connectivity index (χ0n) is 13.1. The summed E-state index contributed by atoms with van der Waals surface area (Å²) in [5, 5.41) is 15.7. The molecule has 1 aromatic carbocycles. The van der Waals surface area contributed by atoms with Gasteiger partial charge in [0.05, 0.1) is 17.7 Å². The summed E-state index contributed by atoms with van der Waals surface area (Å²) in [5.74, 6) is 0.346. The van der Waals surface area contributed by atoms with Crippen molar-refractivity contribution in [3.05, 3.63) is 30.0 Å². The third-order valence-electron chi connectivity index (χ3n) is 4.19. The lowest BCUT2D eigenvalue weighted by molar-refractivity contribution is 0.0946. The number of rotatable bonds is 5. The Morgan fingerprint density at radius 1 is 1.26 bits per heavy atom. The molecule has 3 rings (SSSR count). The number of anilines is 1. The van der Waals surface area contributed by atoms with Gasteiger partial charge in [-0.25, -0.2) is 9.97 Å². The summed E-state index contributed by atoms with van der Waals surface area (Å²) in [6.07, 6.45) is 7.79. The van der Waals surface area contributed by atoms with Crippen molar-refractivity contribution < 1.29 is 9.90 Å².